The maximum Gasteiger partial charge on any atom is 0.171 e. The van der Waals surface area contributed by atoms with Crippen LogP contribution in [-0.2, 0) is 11.3 Å². The smallest absolute Gasteiger partial charge is 0.171 e. The molecule has 0 bridgehead atoms. The van der Waals surface area contributed by atoms with Crippen molar-refractivity contribution in [3.8, 4) is 10.7 Å². The third-order valence-corrected chi connectivity index (χ3v) is 3.57. The number of anilines is 1. The number of hydrogen-bond donors (Lipinski definition) is 1. The molecule has 0 atom stereocenters. The van der Waals surface area contributed by atoms with Crippen molar-refractivity contribution in [1.82, 2.24) is 9.97 Å². The van der Waals surface area contributed by atoms with Gasteiger partial charge < -0.3 is 10.5 Å². The van der Waals surface area contributed by atoms with E-state index in [9.17, 15) is 0 Å². The molecular formula is C10H10BrN3OS. The van der Waals surface area contributed by atoms with Crippen LogP contribution in [0.1, 0.15) is 5.69 Å². The molecule has 0 amide bonds. The lowest BCUT2D eigenvalue weighted by molar-refractivity contribution is 0.181. The highest BCUT2D eigenvalue weighted by molar-refractivity contribution is 9.10. The second kappa shape index (κ2) is 4.90. The number of ether oxygens (including phenoxy) is 1. The lowest BCUT2D eigenvalue weighted by atomic mass is 10.3. The van der Waals surface area contributed by atoms with Crippen LogP contribution < -0.4 is 5.73 Å². The zero-order chi connectivity index (χ0) is 11.5. The normalized spacial score (nSPS) is 10.6. The monoisotopic (exact) mass is 299 g/mol. The molecule has 0 aliphatic rings. The summed E-state index contributed by atoms with van der Waals surface area (Å²) < 4.78 is 6.05. The zero-order valence-corrected chi connectivity index (χ0v) is 11.0. The first-order chi connectivity index (χ1) is 7.69. The molecule has 2 heterocycles. The van der Waals surface area contributed by atoms with E-state index in [1.165, 1.54) is 0 Å². The van der Waals surface area contributed by atoms with Crippen molar-refractivity contribution in [3.05, 3.63) is 27.7 Å². The van der Waals surface area contributed by atoms with Gasteiger partial charge in [-0.3, -0.25) is 0 Å². The molecule has 16 heavy (non-hydrogen) atoms. The molecule has 2 aromatic rings. The van der Waals surface area contributed by atoms with Gasteiger partial charge in [0.15, 0.2) is 5.82 Å². The average Bonchev–Trinajstić information content (AvgIpc) is 2.64. The third-order valence-electron chi connectivity index (χ3n) is 1.88. The average molecular weight is 300 g/mol. The molecule has 0 saturated carbocycles. The van der Waals surface area contributed by atoms with E-state index in [0.29, 0.717) is 18.2 Å². The molecule has 0 fully saturated rings. The van der Waals surface area contributed by atoms with Gasteiger partial charge in [-0.05, 0) is 22.0 Å². The van der Waals surface area contributed by atoms with Crippen LogP contribution in [0, 0.1) is 0 Å². The van der Waals surface area contributed by atoms with Gasteiger partial charge in [0.1, 0.15) is 5.82 Å². The van der Waals surface area contributed by atoms with Gasteiger partial charge in [-0.15, -0.1) is 11.3 Å². The van der Waals surface area contributed by atoms with Crippen LogP contribution in [-0.4, -0.2) is 17.1 Å². The maximum absolute atomic E-state index is 5.72. The minimum absolute atomic E-state index is 0.437. The van der Waals surface area contributed by atoms with Crippen molar-refractivity contribution in [2.24, 2.45) is 0 Å². The molecule has 0 aliphatic carbocycles. The predicted molar refractivity (Wildman–Crippen MR) is 68.2 cm³/mol. The van der Waals surface area contributed by atoms with Crippen molar-refractivity contribution in [1.29, 1.82) is 0 Å². The first kappa shape index (κ1) is 11.5. The zero-order valence-electron chi connectivity index (χ0n) is 8.61. The molecule has 2 aromatic heterocycles. The van der Waals surface area contributed by atoms with Gasteiger partial charge in [0.25, 0.3) is 0 Å². The predicted octanol–water partition coefficient (Wildman–Crippen LogP) is 2.70. The number of nitrogens with zero attached hydrogens (tertiary/aromatic N) is 2. The summed E-state index contributed by atoms with van der Waals surface area (Å²) in [6.07, 6.45) is 0. The molecule has 0 spiro atoms. The second-order valence-corrected chi connectivity index (χ2v) is 5.00. The lowest BCUT2D eigenvalue weighted by Crippen LogP contribution is -2.00. The standard InChI is InChI=1S/C10H10BrN3OS/c1-15-4-7-3-9(12)14-10(13-7)8-2-6(11)5-16-8/h2-3,5H,4H2,1H3,(H2,12,13,14). The number of rotatable bonds is 3. The van der Waals surface area contributed by atoms with E-state index in [1.807, 2.05) is 11.4 Å². The van der Waals surface area contributed by atoms with E-state index in [2.05, 4.69) is 25.9 Å². The van der Waals surface area contributed by atoms with Crippen LogP contribution in [0.3, 0.4) is 0 Å². The van der Waals surface area contributed by atoms with Gasteiger partial charge in [0, 0.05) is 23.0 Å². The van der Waals surface area contributed by atoms with E-state index in [0.717, 1.165) is 15.0 Å². The first-order valence-electron chi connectivity index (χ1n) is 4.56. The highest BCUT2D eigenvalue weighted by atomic mass is 79.9. The van der Waals surface area contributed by atoms with Crippen molar-refractivity contribution in [2.75, 3.05) is 12.8 Å². The van der Waals surface area contributed by atoms with E-state index < -0.39 is 0 Å². The number of nitrogens with two attached hydrogens (primary N) is 1. The fraction of sp³-hybridized carbons (Fsp3) is 0.200. The molecule has 0 aromatic carbocycles. The number of aromatic nitrogens is 2. The van der Waals surface area contributed by atoms with Crippen LogP contribution >= 0.6 is 27.3 Å². The Bertz CT molecular complexity index is 501. The Hall–Kier alpha value is -0.980. The Labute approximate surface area is 106 Å². The van der Waals surface area contributed by atoms with Crippen molar-refractivity contribution >= 4 is 33.1 Å². The molecule has 4 nitrogen and oxygen atoms in total. The van der Waals surface area contributed by atoms with E-state index >= 15 is 0 Å². The Morgan fingerprint density at radius 1 is 1.44 bits per heavy atom. The highest BCUT2D eigenvalue weighted by Gasteiger charge is 2.07. The third kappa shape index (κ3) is 2.58. The number of hydrogen-bond acceptors (Lipinski definition) is 5. The summed E-state index contributed by atoms with van der Waals surface area (Å²) >= 11 is 4.97. The quantitative estimate of drug-likeness (QED) is 0.946. The van der Waals surface area contributed by atoms with Gasteiger partial charge in [0.05, 0.1) is 17.2 Å². The second-order valence-electron chi connectivity index (χ2n) is 3.17. The fourth-order valence-electron chi connectivity index (χ4n) is 1.28. The molecule has 84 valence electrons. The largest absolute Gasteiger partial charge is 0.384 e. The SMILES string of the molecule is COCc1cc(N)nc(-c2cc(Br)cs2)n1. The van der Waals surface area contributed by atoms with Crippen LogP contribution in [0.5, 0.6) is 0 Å². The summed E-state index contributed by atoms with van der Waals surface area (Å²) in [5, 5.41) is 1.98. The molecule has 0 saturated heterocycles. The number of halogens is 1. The highest BCUT2D eigenvalue weighted by Crippen LogP contribution is 2.28. The molecule has 6 heteroatoms. The molecule has 0 radical (unpaired) electrons. The van der Waals surface area contributed by atoms with Gasteiger partial charge >= 0.3 is 0 Å². The van der Waals surface area contributed by atoms with Crippen LogP contribution in [0.4, 0.5) is 5.82 Å². The fourth-order valence-corrected chi connectivity index (χ4v) is 2.64. The topological polar surface area (TPSA) is 61.0 Å². The molecule has 0 unspecified atom stereocenters. The minimum Gasteiger partial charge on any atom is -0.384 e. The summed E-state index contributed by atoms with van der Waals surface area (Å²) in [4.78, 5) is 9.56. The van der Waals surface area contributed by atoms with Crippen LogP contribution in [0.15, 0.2) is 22.0 Å². The van der Waals surface area contributed by atoms with E-state index in [-0.39, 0.29) is 0 Å². The van der Waals surface area contributed by atoms with Gasteiger partial charge in [0.2, 0.25) is 0 Å². The van der Waals surface area contributed by atoms with Gasteiger partial charge in [-0.25, -0.2) is 9.97 Å². The van der Waals surface area contributed by atoms with E-state index in [4.69, 9.17) is 10.5 Å². The van der Waals surface area contributed by atoms with Gasteiger partial charge in [-0.2, -0.15) is 0 Å². The Morgan fingerprint density at radius 2 is 2.25 bits per heavy atom. The lowest BCUT2D eigenvalue weighted by Gasteiger charge is -2.03. The van der Waals surface area contributed by atoms with Crippen molar-refractivity contribution in [2.45, 2.75) is 6.61 Å². The van der Waals surface area contributed by atoms with Crippen molar-refractivity contribution < 1.29 is 4.74 Å². The van der Waals surface area contributed by atoms with Crippen LogP contribution in [0.2, 0.25) is 0 Å². The Morgan fingerprint density at radius 3 is 2.88 bits per heavy atom. The maximum atomic E-state index is 5.72. The summed E-state index contributed by atoms with van der Waals surface area (Å²) in [6.45, 7) is 0.437. The summed E-state index contributed by atoms with van der Waals surface area (Å²) in [5.41, 5.74) is 6.51. The van der Waals surface area contributed by atoms with Gasteiger partial charge in [-0.1, -0.05) is 0 Å². The Kier molecular flexibility index (Phi) is 3.52. The molecule has 2 N–H and O–H groups in total. The number of nitrogen functional groups attached to an aromatic ring is 1. The first-order valence-corrected chi connectivity index (χ1v) is 6.23. The Balaban J connectivity index is 2.40. The summed E-state index contributed by atoms with van der Waals surface area (Å²) in [5.74, 6) is 1.10. The molecule has 2 rings (SSSR count). The summed E-state index contributed by atoms with van der Waals surface area (Å²) in [6, 6.07) is 3.69. The summed E-state index contributed by atoms with van der Waals surface area (Å²) in [7, 11) is 1.62. The molecule has 0 aliphatic heterocycles. The van der Waals surface area contributed by atoms with Crippen molar-refractivity contribution in [3.63, 3.8) is 0 Å². The van der Waals surface area contributed by atoms with E-state index in [1.54, 1.807) is 24.5 Å². The minimum atomic E-state index is 0.437. The molecular weight excluding hydrogens is 290 g/mol. The number of methoxy groups -OCH3 is 1. The number of thiophene rings is 1. The van der Waals surface area contributed by atoms with Crippen LogP contribution in [0.25, 0.3) is 10.7 Å².